The molecule has 0 bridgehead atoms. The highest BCUT2D eigenvalue weighted by atomic mass is 79.9. The Morgan fingerprint density at radius 1 is 1.58 bits per heavy atom. The highest BCUT2D eigenvalue weighted by Crippen LogP contribution is 2.20. The highest BCUT2D eigenvalue weighted by molar-refractivity contribution is 9.09. The average Bonchev–Trinajstić information content (AvgIpc) is 1.96. The van der Waals surface area contributed by atoms with Crippen molar-refractivity contribution in [3.63, 3.8) is 0 Å². The molecule has 0 fully saturated rings. The van der Waals surface area contributed by atoms with Crippen LogP contribution in [0.5, 0.6) is 0 Å². The number of hydrogen-bond acceptors (Lipinski definition) is 0. The molecule has 0 saturated carbocycles. The fraction of sp³-hybridized carbons (Fsp3) is 0.333. The SMILES string of the molecule is CC(Br)Cc1cc(F)ccc1Cl. The van der Waals surface area contributed by atoms with E-state index in [-0.39, 0.29) is 5.82 Å². The van der Waals surface area contributed by atoms with E-state index in [1.54, 1.807) is 6.07 Å². The Morgan fingerprint density at radius 3 is 2.83 bits per heavy atom. The quantitative estimate of drug-likeness (QED) is 0.701. The van der Waals surface area contributed by atoms with Gasteiger partial charge in [-0.3, -0.25) is 0 Å². The summed E-state index contributed by atoms with van der Waals surface area (Å²) in [4.78, 5) is 0.316. The van der Waals surface area contributed by atoms with E-state index >= 15 is 0 Å². The van der Waals surface area contributed by atoms with Gasteiger partial charge in [0.2, 0.25) is 0 Å². The molecule has 0 aliphatic heterocycles. The van der Waals surface area contributed by atoms with Crippen molar-refractivity contribution in [2.45, 2.75) is 18.2 Å². The average molecular weight is 252 g/mol. The Kier molecular flexibility index (Phi) is 3.53. The lowest BCUT2D eigenvalue weighted by atomic mass is 10.1. The second-order valence-electron chi connectivity index (χ2n) is 2.72. The summed E-state index contributed by atoms with van der Waals surface area (Å²) >= 11 is 9.24. The van der Waals surface area contributed by atoms with Gasteiger partial charge in [-0.25, -0.2) is 4.39 Å². The molecule has 12 heavy (non-hydrogen) atoms. The first kappa shape index (κ1) is 10.0. The first-order chi connectivity index (χ1) is 5.59. The molecule has 1 aromatic rings. The molecular weight excluding hydrogens is 242 g/mol. The van der Waals surface area contributed by atoms with E-state index in [0.717, 1.165) is 12.0 Å². The van der Waals surface area contributed by atoms with Gasteiger partial charge in [0, 0.05) is 9.85 Å². The third kappa shape index (κ3) is 2.76. The normalized spacial score (nSPS) is 13.0. The lowest BCUT2D eigenvalue weighted by Gasteiger charge is -2.05. The van der Waals surface area contributed by atoms with Gasteiger partial charge in [0.15, 0.2) is 0 Å². The smallest absolute Gasteiger partial charge is 0.123 e. The number of halogens is 3. The lowest BCUT2D eigenvalue weighted by molar-refractivity contribution is 0.625. The summed E-state index contributed by atoms with van der Waals surface area (Å²) in [6, 6.07) is 4.42. The number of rotatable bonds is 2. The minimum absolute atomic E-state index is 0.234. The van der Waals surface area contributed by atoms with Gasteiger partial charge in [0.25, 0.3) is 0 Å². The molecule has 0 nitrogen and oxygen atoms in total. The van der Waals surface area contributed by atoms with Crippen LogP contribution in [0.3, 0.4) is 0 Å². The van der Waals surface area contributed by atoms with E-state index in [1.807, 2.05) is 6.92 Å². The summed E-state index contributed by atoms with van der Waals surface area (Å²) < 4.78 is 12.7. The van der Waals surface area contributed by atoms with E-state index in [4.69, 9.17) is 11.6 Å². The van der Waals surface area contributed by atoms with Crippen molar-refractivity contribution in [3.8, 4) is 0 Å². The Hall–Kier alpha value is -0.0800. The molecule has 0 heterocycles. The topological polar surface area (TPSA) is 0 Å². The molecular formula is C9H9BrClF. The van der Waals surface area contributed by atoms with Crippen LogP contribution < -0.4 is 0 Å². The molecule has 1 rings (SSSR count). The van der Waals surface area contributed by atoms with Crippen molar-refractivity contribution in [3.05, 3.63) is 34.6 Å². The Balaban J connectivity index is 2.90. The summed E-state index contributed by atoms with van der Waals surface area (Å²) in [5, 5.41) is 0.628. The minimum atomic E-state index is -0.234. The van der Waals surface area contributed by atoms with E-state index in [0.29, 0.717) is 9.85 Å². The predicted octanol–water partition coefficient (Wildman–Crippen LogP) is 3.81. The van der Waals surface area contributed by atoms with E-state index < -0.39 is 0 Å². The van der Waals surface area contributed by atoms with Crippen LogP contribution in [0.1, 0.15) is 12.5 Å². The molecule has 0 N–H and O–H groups in total. The molecule has 0 amide bonds. The first-order valence-corrected chi connectivity index (χ1v) is 4.97. The van der Waals surface area contributed by atoms with Crippen molar-refractivity contribution < 1.29 is 4.39 Å². The summed E-state index contributed by atoms with van der Waals surface area (Å²) in [6.45, 7) is 2.00. The van der Waals surface area contributed by atoms with Gasteiger partial charge in [0.1, 0.15) is 5.82 Å². The van der Waals surface area contributed by atoms with Crippen LogP contribution in [0.15, 0.2) is 18.2 Å². The molecule has 0 aliphatic rings. The van der Waals surface area contributed by atoms with Crippen LogP contribution in [0.25, 0.3) is 0 Å². The van der Waals surface area contributed by atoms with Gasteiger partial charge in [-0.2, -0.15) is 0 Å². The van der Waals surface area contributed by atoms with Crippen LogP contribution in [0.2, 0.25) is 5.02 Å². The molecule has 1 aromatic carbocycles. The molecule has 66 valence electrons. The molecule has 3 heteroatoms. The molecule has 1 unspecified atom stereocenters. The van der Waals surface area contributed by atoms with Gasteiger partial charge in [-0.05, 0) is 30.2 Å². The van der Waals surface area contributed by atoms with Crippen LogP contribution >= 0.6 is 27.5 Å². The maximum absolute atomic E-state index is 12.7. The maximum atomic E-state index is 12.7. The number of hydrogen-bond donors (Lipinski definition) is 0. The zero-order valence-corrected chi connectivity index (χ0v) is 8.99. The molecule has 0 radical (unpaired) electrons. The predicted molar refractivity (Wildman–Crippen MR) is 53.5 cm³/mol. The zero-order valence-electron chi connectivity index (χ0n) is 6.65. The maximum Gasteiger partial charge on any atom is 0.123 e. The van der Waals surface area contributed by atoms with E-state index in [9.17, 15) is 4.39 Å². The third-order valence-electron chi connectivity index (χ3n) is 1.51. The van der Waals surface area contributed by atoms with Crippen molar-refractivity contribution >= 4 is 27.5 Å². The van der Waals surface area contributed by atoms with E-state index in [1.165, 1.54) is 12.1 Å². The van der Waals surface area contributed by atoms with Gasteiger partial charge in [0.05, 0.1) is 0 Å². The fourth-order valence-corrected chi connectivity index (χ4v) is 1.55. The largest absolute Gasteiger partial charge is 0.207 e. The number of alkyl halides is 1. The standard InChI is InChI=1S/C9H9BrClF/c1-6(10)4-7-5-8(12)2-3-9(7)11/h2-3,5-6H,4H2,1H3. The van der Waals surface area contributed by atoms with E-state index in [2.05, 4.69) is 15.9 Å². The van der Waals surface area contributed by atoms with Crippen LogP contribution in [-0.2, 0) is 6.42 Å². The first-order valence-electron chi connectivity index (χ1n) is 3.67. The molecule has 1 atom stereocenters. The van der Waals surface area contributed by atoms with Gasteiger partial charge >= 0.3 is 0 Å². The second-order valence-corrected chi connectivity index (χ2v) is 4.69. The fourth-order valence-electron chi connectivity index (χ4n) is 1.00. The van der Waals surface area contributed by atoms with Gasteiger partial charge in [-0.15, -0.1) is 0 Å². The van der Waals surface area contributed by atoms with Crippen molar-refractivity contribution in [1.82, 2.24) is 0 Å². The lowest BCUT2D eigenvalue weighted by Crippen LogP contribution is -1.97. The summed E-state index contributed by atoms with van der Waals surface area (Å²) in [6.07, 6.45) is 0.747. The Labute approximate surface area is 84.9 Å². The Morgan fingerprint density at radius 2 is 2.25 bits per heavy atom. The second kappa shape index (κ2) is 4.24. The summed E-state index contributed by atoms with van der Waals surface area (Å²) in [7, 11) is 0. The Bertz CT molecular complexity index is 273. The molecule has 0 aromatic heterocycles. The monoisotopic (exact) mass is 250 g/mol. The molecule has 0 aliphatic carbocycles. The molecule has 0 saturated heterocycles. The minimum Gasteiger partial charge on any atom is -0.207 e. The number of benzene rings is 1. The van der Waals surface area contributed by atoms with Crippen LogP contribution in [0, 0.1) is 5.82 Å². The van der Waals surface area contributed by atoms with Crippen molar-refractivity contribution in [2.75, 3.05) is 0 Å². The van der Waals surface area contributed by atoms with Gasteiger partial charge in [-0.1, -0.05) is 34.5 Å². The van der Waals surface area contributed by atoms with Crippen molar-refractivity contribution in [1.29, 1.82) is 0 Å². The summed E-state index contributed by atoms with van der Waals surface area (Å²) in [5.74, 6) is -0.234. The summed E-state index contributed by atoms with van der Waals surface area (Å²) in [5.41, 5.74) is 0.848. The van der Waals surface area contributed by atoms with Crippen LogP contribution in [0.4, 0.5) is 4.39 Å². The van der Waals surface area contributed by atoms with Crippen LogP contribution in [-0.4, -0.2) is 4.83 Å². The zero-order chi connectivity index (χ0) is 9.14. The highest BCUT2D eigenvalue weighted by Gasteiger charge is 2.04. The van der Waals surface area contributed by atoms with Crippen molar-refractivity contribution in [2.24, 2.45) is 0 Å². The third-order valence-corrected chi connectivity index (χ3v) is 2.20. The molecule has 0 spiro atoms. The van der Waals surface area contributed by atoms with Gasteiger partial charge < -0.3 is 0 Å².